The third kappa shape index (κ3) is 3.89. The molecule has 1 amide bonds. The van der Waals surface area contributed by atoms with Crippen molar-refractivity contribution in [1.29, 1.82) is 0 Å². The van der Waals surface area contributed by atoms with Crippen molar-refractivity contribution in [3.63, 3.8) is 0 Å². The lowest BCUT2D eigenvalue weighted by molar-refractivity contribution is 0.0948. The summed E-state index contributed by atoms with van der Waals surface area (Å²) in [4.78, 5) is 12.4. The highest BCUT2D eigenvalue weighted by atomic mass is 32.2. The molecular weight excluding hydrogens is 352 g/mol. The Morgan fingerprint density at radius 3 is 2.38 bits per heavy atom. The third-order valence-electron chi connectivity index (χ3n) is 4.48. The summed E-state index contributed by atoms with van der Waals surface area (Å²) in [7, 11) is -3.43. The van der Waals surface area contributed by atoms with Crippen molar-refractivity contribution in [1.82, 2.24) is 9.62 Å². The van der Waals surface area contributed by atoms with Crippen LogP contribution in [0.4, 0.5) is 0 Å². The summed E-state index contributed by atoms with van der Waals surface area (Å²) in [5, 5.41) is 12.6. The van der Waals surface area contributed by atoms with Crippen LogP contribution in [0.5, 0.6) is 5.75 Å². The summed E-state index contributed by atoms with van der Waals surface area (Å²) < 4.78 is 26.5. The SMILES string of the molecule is Cc1ccc(C(=O)NCc2ccc(S(=O)(=O)N3CCCC3)cc2)c(O)c1. The number of carbonyl (C=O) groups is 1. The van der Waals surface area contributed by atoms with Gasteiger partial charge in [-0.2, -0.15) is 4.31 Å². The Balaban J connectivity index is 1.65. The van der Waals surface area contributed by atoms with Crippen molar-refractivity contribution in [3.05, 3.63) is 59.2 Å². The molecule has 1 heterocycles. The molecule has 0 aromatic heterocycles. The fourth-order valence-corrected chi connectivity index (χ4v) is 4.49. The number of phenolic OH excluding ortho intramolecular Hbond substituents is 1. The van der Waals surface area contributed by atoms with Gasteiger partial charge in [0, 0.05) is 19.6 Å². The van der Waals surface area contributed by atoms with E-state index < -0.39 is 10.0 Å². The van der Waals surface area contributed by atoms with Crippen molar-refractivity contribution in [2.24, 2.45) is 0 Å². The molecule has 0 radical (unpaired) electrons. The third-order valence-corrected chi connectivity index (χ3v) is 6.39. The fourth-order valence-electron chi connectivity index (χ4n) is 2.97. The summed E-state index contributed by atoms with van der Waals surface area (Å²) in [5.74, 6) is -0.439. The summed E-state index contributed by atoms with van der Waals surface area (Å²) in [6.07, 6.45) is 1.80. The Hall–Kier alpha value is -2.38. The van der Waals surface area contributed by atoms with Crippen LogP contribution >= 0.6 is 0 Å². The molecule has 138 valence electrons. The van der Waals surface area contributed by atoms with E-state index in [1.807, 2.05) is 6.92 Å². The molecule has 6 nitrogen and oxygen atoms in total. The van der Waals surface area contributed by atoms with Crippen molar-refractivity contribution in [2.75, 3.05) is 13.1 Å². The number of rotatable bonds is 5. The standard InChI is InChI=1S/C19H22N2O4S/c1-14-4-9-17(18(22)12-14)19(23)20-13-15-5-7-16(8-6-15)26(24,25)21-10-2-3-11-21/h4-9,12,22H,2-3,10-11,13H2,1H3,(H,20,23). The molecule has 2 N–H and O–H groups in total. The van der Waals surface area contributed by atoms with Gasteiger partial charge in [-0.05, 0) is 55.2 Å². The first-order valence-corrected chi connectivity index (χ1v) is 9.99. The van der Waals surface area contributed by atoms with E-state index in [4.69, 9.17) is 0 Å². The fraction of sp³-hybridized carbons (Fsp3) is 0.316. The highest BCUT2D eigenvalue weighted by Gasteiger charge is 2.26. The number of nitrogens with zero attached hydrogens (tertiary/aromatic N) is 1. The van der Waals surface area contributed by atoms with Gasteiger partial charge >= 0.3 is 0 Å². The van der Waals surface area contributed by atoms with Gasteiger partial charge in [0.15, 0.2) is 0 Å². The van der Waals surface area contributed by atoms with Crippen LogP contribution in [-0.4, -0.2) is 36.8 Å². The largest absolute Gasteiger partial charge is 0.507 e. The molecule has 3 rings (SSSR count). The van der Waals surface area contributed by atoms with Crippen LogP contribution < -0.4 is 5.32 Å². The second-order valence-electron chi connectivity index (χ2n) is 6.46. The maximum absolute atomic E-state index is 12.5. The van der Waals surface area contributed by atoms with E-state index in [1.165, 1.54) is 10.4 Å². The number of carbonyl (C=O) groups excluding carboxylic acids is 1. The Morgan fingerprint density at radius 1 is 1.12 bits per heavy atom. The predicted octanol–water partition coefficient (Wildman–Crippen LogP) is 2.42. The second kappa shape index (κ2) is 7.47. The minimum absolute atomic E-state index is 0.0606. The molecule has 0 saturated carbocycles. The minimum Gasteiger partial charge on any atom is -0.507 e. The monoisotopic (exact) mass is 374 g/mol. The maximum atomic E-state index is 12.5. The number of amides is 1. The first-order chi connectivity index (χ1) is 12.4. The van der Waals surface area contributed by atoms with Crippen molar-refractivity contribution >= 4 is 15.9 Å². The lowest BCUT2D eigenvalue weighted by Crippen LogP contribution is -2.28. The van der Waals surface area contributed by atoms with Crippen molar-refractivity contribution in [2.45, 2.75) is 31.2 Å². The van der Waals surface area contributed by atoms with Gasteiger partial charge in [0.05, 0.1) is 10.5 Å². The van der Waals surface area contributed by atoms with Crippen molar-refractivity contribution < 1.29 is 18.3 Å². The number of sulfonamides is 1. The average molecular weight is 374 g/mol. The van der Waals surface area contributed by atoms with E-state index in [0.29, 0.717) is 13.1 Å². The molecule has 26 heavy (non-hydrogen) atoms. The predicted molar refractivity (Wildman–Crippen MR) is 98.4 cm³/mol. The number of aromatic hydroxyl groups is 1. The van der Waals surface area contributed by atoms with Crippen LogP contribution in [0.2, 0.25) is 0 Å². The molecule has 2 aromatic rings. The molecular formula is C19H22N2O4S. The zero-order valence-electron chi connectivity index (χ0n) is 14.6. The van der Waals surface area contributed by atoms with Crippen LogP contribution in [0.1, 0.15) is 34.3 Å². The summed E-state index contributed by atoms with van der Waals surface area (Å²) >= 11 is 0. The number of phenols is 1. The van der Waals surface area contributed by atoms with Crippen LogP contribution in [0.3, 0.4) is 0 Å². The topological polar surface area (TPSA) is 86.7 Å². The number of hydrogen-bond donors (Lipinski definition) is 2. The number of aryl methyl sites for hydroxylation is 1. The Kier molecular flexibility index (Phi) is 5.29. The summed E-state index contributed by atoms with van der Waals surface area (Å²) in [6.45, 7) is 3.22. The summed E-state index contributed by atoms with van der Waals surface area (Å²) in [6, 6.07) is 11.4. The zero-order valence-corrected chi connectivity index (χ0v) is 15.4. The van der Waals surface area contributed by atoms with E-state index in [1.54, 1.807) is 36.4 Å². The molecule has 1 fully saturated rings. The molecule has 2 aromatic carbocycles. The van der Waals surface area contributed by atoms with Gasteiger partial charge in [0.1, 0.15) is 5.75 Å². The smallest absolute Gasteiger partial charge is 0.255 e. The molecule has 1 aliphatic heterocycles. The van der Waals surface area contributed by atoms with Crippen LogP contribution in [0.25, 0.3) is 0 Å². The van der Waals surface area contributed by atoms with E-state index >= 15 is 0 Å². The Bertz CT molecular complexity index is 902. The molecule has 0 atom stereocenters. The van der Waals surface area contributed by atoms with Gasteiger partial charge in [-0.25, -0.2) is 8.42 Å². The molecule has 0 bridgehead atoms. The first-order valence-electron chi connectivity index (χ1n) is 8.55. The first kappa shape index (κ1) is 18.4. The van der Waals surface area contributed by atoms with Crippen LogP contribution in [0, 0.1) is 6.92 Å². The van der Waals surface area contributed by atoms with Crippen LogP contribution in [0.15, 0.2) is 47.4 Å². The average Bonchev–Trinajstić information content (AvgIpc) is 3.15. The Labute approximate surface area is 153 Å². The van der Waals surface area contributed by atoms with Gasteiger partial charge in [0.25, 0.3) is 5.91 Å². The van der Waals surface area contributed by atoms with Gasteiger partial charge in [-0.1, -0.05) is 18.2 Å². The molecule has 0 unspecified atom stereocenters. The highest BCUT2D eigenvalue weighted by molar-refractivity contribution is 7.89. The lowest BCUT2D eigenvalue weighted by Gasteiger charge is -2.15. The van der Waals surface area contributed by atoms with Crippen molar-refractivity contribution in [3.8, 4) is 5.75 Å². The molecule has 0 aliphatic carbocycles. The van der Waals surface area contributed by atoms with Gasteiger partial charge < -0.3 is 10.4 Å². The minimum atomic E-state index is -3.43. The summed E-state index contributed by atoms with van der Waals surface area (Å²) in [5.41, 5.74) is 1.86. The quantitative estimate of drug-likeness (QED) is 0.841. The van der Waals surface area contributed by atoms with E-state index in [9.17, 15) is 18.3 Å². The zero-order chi connectivity index (χ0) is 18.7. The molecule has 1 saturated heterocycles. The van der Waals surface area contributed by atoms with Crippen LogP contribution in [-0.2, 0) is 16.6 Å². The number of nitrogens with one attached hydrogen (secondary N) is 1. The Morgan fingerprint density at radius 2 is 1.77 bits per heavy atom. The maximum Gasteiger partial charge on any atom is 0.255 e. The van der Waals surface area contributed by atoms with E-state index in [-0.39, 0.29) is 28.7 Å². The lowest BCUT2D eigenvalue weighted by atomic mass is 10.1. The molecule has 1 aliphatic rings. The van der Waals surface area contributed by atoms with E-state index in [2.05, 4.69) is 5.32 Å². The highest BCUT2D eigenvalue weighted by Crippen LogP contribution is 2.21. The van der Waals surface area contributed by atoms with Gasteiger partial charge in [0.2, 0.25) is 10.0 Å². The molecule has 7 heteroatoms. The number of benzene rings is 2. The van der Waals surface area contributed by atoms with E-state index in [0.717, 1.165) is 24.0 Å². The molecule has 0 spiro atoms. The normalized spacial score (nSPS) is 15.1. The number of hydrogen-bond acceptors (Lipinski definition) is 4. The van der Waals surface area contributed by atoms with Gasteiger partial charge in [-0.3, -0.25) is 4.79 Å². The van der Waals surface area contributed by atoms with Gasteiger partial charge in [-0.15, -0.1) is 0 Å². The second-order valence-corrected chi connectivity index (χ2v) is 8.40.